The molecule has 0 radical (unpaired) electrons. The normalized spacial score (nSPS) is 11.3. The van der Waals surface area contributed by atoms with Crippen LogP contribution in [-0.4, -0.2) is 44.3 Å². The van der Waals surface area contributed by atoms with E-state index in [0.29, 0.717) is 17.9 Å². The number of hydrogen-bond acceptors (Lipinski definition) is 3. The molecule has 0 atom stereocenters. The molecule has 0 aliphatic carbocycles. The molecule has 0 unspecified atom stereocenters. The Bertz CT molecular complexity index is 835. The zero-order valence-corrected chi connectivity index (χ0v) is 17.7. The first-order valence-electron chi connectivity index (χ1n) is 9.80. The van der Waals surface area contributed by atoms with Gasteiger partial charge in [0.05, 0.1) is 11.4 Å². The molecule has 28 heavy (non-hydrogen) atoms. The molecule has 1 aromatic carbocycles. The van der Waals surface area contributed by atoms with Gasteiger partial charge in [-0.3, -0.25) is 9.59 Å². The topological polar surface area (TPSA) is 75.4 Å². The largest absolute Gasteiger partial charge is 0.481 e. The van der Waals surface area contributed by atoms with Crippen LogP contribution in [0.2, 0.25) is 0 Å². The van der Waals surface area contributed by atoms with Crippen LogP contribution >= 0.6 is 0 Å². The Kier molecular flexibility index (Phi) is 7.00. The monoisotopic (exact) mass is 385 g/mol. The van der Waals surface area contributed by atoms with Gasteiger partial charge in [-0.05, 0) is 69.9 Å². The molecule has 0 aliphatic heterocycles. The Balaban J connectivity index is 2.26. The number of hydrogen-bond donors (Lipinski definition) is 1. The molecule has 0 spiro atoms. The van der Waals surface area contributed by atoms with E-state index in [4.69, 9.17) is 5.11 Å². The molecule has 6 nitrogen and oxygen atoms in total. The third kappa shape index (κ3) is 5.00. The number of carbonyl (C=O) groups is 2. The van der Waals surface area contributed by atoms with E-state index in [2.05, 4.69) is 18.9 Å². The van der Waals surface area contributed by atoms with Crippen molar-refractivity contribution in [2.24, 2.45) is 5.92 Å². The smallest absolute Gasteiger partial charge is 0.303 e. The van der Waals surface area contributed by atoms with Crippen molar-refractivity contribution >= 4 is 11.9 Å². The zero-order chi connectivity index (χ0) is 21.0. The molecule has 1 amide bonds. The third-order valence-electron chi connectivity index (χ3n) is 4.83. The minimum Gasteiger partial charge on any atom is -0.481 e. The van der Waals surface area contributed by atoms with Crippen LogP contribution in [-0.2, 0) is 11.2 Å². The number of carboxylic acids is 1. The Morgan fingerprint density at radius 3 is 2.21 bits per heavy atom. The summed E-state index contributed by atoms with van der Waals surface area (Å²) in [5.41, 5.74) is 4.25. The van der Waals surface area contributed by atoms with Crippen LogP contribution < -0.4 is 0 Å². The number of benzene rings is 1. The highest BCUT2D eigenvalue weighted by Gasteiger charge is 2.20. The van der Waals surface area contributed by atoms with Crippen molar-refractivity contribution in [1.29, 1.82) is 0 Å². The van der Waals surface area contributed by atoms with Gasteiger partial charge in [-0.1, -0.05) is 13.8 Å². The van der Waals surface area contributed by atoms with Crippen LogP contribution in [0.25, 0.3) is 5.69 Å². The molecular formula is C22H31N3O3. The first-order valence-corrected chi connectivity index (χ1v) is 9.80. The Morgan fingerprint density at radius 2 is 1.71 bits per heavy atom. The van der Waals surface area contributed by atoms with Gasteiger partial charge in [0.1, 0.15) is 0 Å². The van der Waals surface area contributed by atoms with Gasteiger partial charge in [0.2, 0.25) is 0 Å². The lowest BCUT2D eigenvalue weighted by molar-refractivity contribution is -0.136. The van der Waals surface area contributed by atoms with E-state index < -0.39 is 5.97 Å². The summed E-state index contributed by atoms with van der Waals surface area (Å²) in [5, 5.41) is 13.5. The van der Waals surface area contributed by atoms with E-state index in [1.54, 1.807) is 0 Å². The summed E-state index contributed by atoms with van der Waals surface area (Å²) < 4.78 is 1.81. The highest BCUT2D eigenvalue weighted by atomic mass is 16.4. The van der Waals surface area contributed by atoms with E-state index in [9.17, 15) is 9.59 Å². The summed E-state index contributed by atoms with van der Waals surface area (Å²) in [6.07, 6.45) is 0.545. The molecule has 152 valence electrons. The minimum atomic E-state index is -0.814. The molecule has 0 fully saturated rings. The van der Waals surface area contributed by atoms with E-state index in [1.165, 1.54) is 0 Å². The van der Waals surface area contributed by atoms with Crippen molar-refractivity contribution in [2.75, 3.05) is 6.54 Å². The van der Waals surface area contributed by atoms with Gasteiger partial charge in [-0.15, -0.1) is 0 Å². The lowest BCUT2D eigenvalue weighted by Gasteiger charge is -2.28. The molecule has 1 N–H and O–H groups in total. The lowest BCUT2D eigenvalue weighted by Crippen LogP contribution is -2.39. The van der Waals surface area contributed by atoms with Crippen LogP contribution in [0.15, 0.2) is 24.3 Å². The van der Waals surface area contributed by atoms with Gasteiger partial charge < -0.3 is 10.0 Å². The van der Waals surface area contributed by atoms with Crippen molar-refractivity contribution in [3.05, 3.63) is 46.8 Å². The van der Waals surface area contributed by atoms with Gasteiger partial charge in [-0.25, -0.2) is 4.68 Å². The SMILES string of the molecule is Cc1nn(-c2ccc(C(=O)N(CC(C)C)C(C)C)cc2)c(C)c1CCC(=O)O. The summed E-state index contributed by atoms with van der Waals surface area (Å²) in [5.74, 6) is -0.374. The Morgan fingerprint density at radius 1 is 1.11 bits per heavy atom. The highest BCUT2D eigenvalue weighted by molar-refractivity contribution is 5.94. The number of aliphatic carboxylic acids is 1. The fourth-order valence-corrected chi connectivity index (χ4v) is 3.35. The molecule has 1 heterocycles. The lowest BCUT2D eigenvalue weighted by atomic mass is 10.1. The first-order chi connectivity index (χ1) is 13.1. The number of amides is 1. The Labute approximate surface area is 167 Å². The Hall–Kier alpha value is -2.63. The molecular weight excluding hydrogens is 354 g/mol. The second-order valence-corrected chi connectivity index (χ2v) is 7.95. The van der Waals surface area contributed by atoms with Crippen LogP contribution in [0.3, 0.4) is 0 Å². The second kappa shape index (κ2) is 9.04. The van der Waals surface area contributed by atoms with Crippen molar-refractivity contribution in [1.82, 2.24) is 14.7 Å². The minimum absolute atomic E-state index is 0.0331. The molecule has 1 aromatic heterocycles. The van der Waals surface area contributed by atoms with Gasteiger partial charge in [0, 0.05) is 30.3 Å². The van der Waals surface area contributed by atoms with Crippen LogP contribution in [0.5, 0.6) is 0 Å². The third-order valence-corrected chi connectivity index (χ3v) is 4.83. The van der Waals surface area contributed by atoms with E-state index in [-0.39, 0.29) is 18.4 Å². The number of nitrogens with zero attached hydrogens (tertiary/aromatic N) is 3. The molecule has 0 saturated carbocycles. The van der Waals surface area contributed by atoms with Crippen LogP contribution in [0, 0.1) is 19.8 Å². The number of carboxylic acid groups (broad SMARTS) is 1. The molecule has 0 saturated heterocycles. The summed E-state index contributed by atoms with van der Waals surface area (Å²) in [6, 6.07) is 7.59. The average molecular weight is 386 g/mol. The summed E-state index contributed by atoms with van der Waals surface area (Å²) in [7, 11) is 0. The average Bonchev–Trinajstić information content (AvgIpc) is 2.91. The number of aryl methyl sites for hydroxylation is 1. The fourth-order valence-electron chi connectivity index (χ4n) is 3.35. The standard InChI is InChI=1S/C22H31N3O3/c1-14(2)13-24(15(3)4)22(28)18-7-9-19(10-8-18)25-17(6)20(16(5)23-25)11-12-21(26)27/h7-10,14-15H,11-13H2,1-6H3,(H,26,27). The van der Waals surface area contributed by atoms with E-state index >= 15 is 0 Å². The van der Waals surface area contributed by atoms with Gasteiger partial charge >= 0.3 is 5.97 Å². The molecule has 6 heteroatoms. The maximum Gasteiger partial charge on any atom is 0.303 e. The molecule has 2 rings (SSSR count). The predicted molar refractivity (Wildman–Crippen MR) is 110 cm³/mol. The van der Waals surface area contributed by atoms with Gasteiger partial charge in [0.15, 0.2) is 0 Å². The maximum absolute atomic E-state index is 12.9. The summed E-state index contributed by atoms with van der Waals surface area (Å²) >= 11 is 0. The maximum atomic E-state index is 12.9. The summed E-state index contributed by atoms with van der Waals surface area (Å²) in [4.78, 5) is 25.7. The fraction of sp³-hybridized carbons (Fsp3) is 0.500. The molecule has 0 aliphatic rings. The molecule has 2 aromatic rings. The number of carbonyl (C=O) groups excluding carboxylic acids is 1. The van der Waals surface area contributed by atoms with Crippen molar-refractivity contribution in [3.63, 3.8) is 0 Å². The quantitative estimate of drug-likeness (QED) is 0.745. The van der Waals surface area contributed by atoms with Crippen molar-refractivity contribution in [3.8, 4) is 5.69 Å². The summed E-state index contributed by atoms with van der Waals surface area (Å²) in [6.45, 7) is 12.8. The van der Waals surface area contributed by atoms with Gasteiger partial charge in [-0.2, -0.15) is 5.10 Å². The number of aromatic nitrogens is 2. The van der Waals surface area contributed by atoms with E-state index in [1.807, 2.05) is 61.5 Å². The van der Waals surface area contributed by atoms with Crippen LogP contribution in [0.1, 0.15) is 61.4 Å². The molecule has 0 bridgehead atoms. The second-order valence-electron chi connectivity index (χ2n) is 7.95. The van der Waals surface area contributed by atoms with Crippen molar-refractivity contribution in [2.45, 2.75) is 60.4 Å². The predicted octanol–water partition coefficient (Wildman–Crippen LogP) is 4.01. The zero-order valence-electron chi connectivity index (χ0n) is 17.7. The number of rotatable bonds is 8. The first kappa shape index (κ1) is 21.7. The highest BCUT2D eigenvalue weighted by Crippen LogP contribution is 2.20. The van der Waals surface area contributed by atoms with Gasteiger partial charge in [0.25, 0.3) is 5.91 Å². The van der Waals surface area contributed by atoms with Crippen molar-refractivity contribution < 1.29 is 14.7 Å². The van der Waals surface area contributed by atoms with Crippen LogP contribution in [0.4, 0.5) is 0 Å². The van der Waals surface area contributed by atoms with E-state index in [0.717, 1.165) is 29.2 Å².